The molecule has 1 aliphatic heterocycles. The van der Waals surface area contributed by atoms with Crippen molar-refractivity contribution >= 4 is 35.0 Å². The van der Waals surface area contributed by atoms with Crippen LogP contribution in [0.2, 0.25) is 0 Å². The lowest BCUT2D eigenvalue weighted by Gasteiger charge is -2.30. The van der Waals surface area contributed by atoms with Crippen molar-refractivity contribution in [1.82, 2.24) is 0 Å². The monoisotopic (exact) mass is 342 g/mol. The van der Waals surface area contributed by atoms with E-state index in [1.807, 2.05) is 30.0 Å². The highest BCUT2D eigenvalue weighted by atomic mass is 32.2. The van der Waals surface area contributed by atoms with Gasteiger partial charge in [-0.05, 0) is 36.4 Å². The summed E-state index contributed by atoms with van der Waals surface area (Å²) in [6, 6.07) is 14.8. The van der Waals surface area contributed by atoms with Crippen LogP contribution in [0.3, 0.4) is 0 Å². The third-order valence-electron chi connectivity index (χ3n) is 3.75. The average molecular weight is 342 g/mol. The predicted octanol–water partition coefficient (Wildman–Crippen LogP) is 3.02. The SMILES string of the molecule is COC(=O)c1ccc(NC(=O)CN2CCSc3ccccc32)cc1. The quantitative estimate of drug-likeness (QED) is 0.866. The highest BCUT2D eigenvalue weighted by Gasteiger charge is 2.19. The van der Waals surface area contributed by atoms with Gasteiger partial charge in [0.2, 0.25) is 5.91 Å². The second-order valence-electron chi connectivity index (χ2n) is 5.35. The molecule has 1 amide bonds. The van der Waals surface area contributed by atoms with Gasteiger partial charge in [0.1, 0.15) is 0 Å². The van der Waals surface area contributed by atoms with Crippen LogP contribution in [0, 0.1) is 0 Å². The standard InChI is InChI=1S/C18H18N2O3S/c1-23-18(22)13-6-8-14(9-7-13)19-17(21)12-20-10-11-24-16-5-3-2-4-15(16)20/h2-9H,10-12H2,1H3,(H,19,21). The van der Waals surface area contributed by atoms with Crippen molar-refractivity contribution in [2.24, 2.45) is 0 Å². The molecule has 1 N–H and O–H groups in total. The zero-order valence-corrected chi connectivity index (χ0v) is 14.1. The number of carbonyl (C=O) groups excluding carboxylic acids is 2. The van der Waals surface area contributed by atoms with E-state index in [0.717, 1.165) is 18.0 Å². The molecule has 3 rings (SSSR count). The molecule has 24 heavy (non-hydrogen) atoms. The minimum atomic E-state index is -0.393. The van der Waals surface area contributed by atoms with Crippen molar-refractivity contribution in [1.29, 1.82) is 0 Å². The van der Waals surface area contributed by atoms with Crippen molar-refractivity contribution < 1.29 is 14.3 Å². The number of benzene rings is 2. The van der Waals surface area contributed by atoms with Crippen LogP contribution in [-0.4, -0.2) is 37.8 Å². The summed E-state index contributed by atoms with van der Waals surface area (Å²) in [7, 11) is 1.34. The molecule has 2 aromatic rings. The number of nitrogens with zero attached hydrogens (tertiary/aromatic N) is 1. The van der Waals surface area contributed by atoms with Crippen LogP contribution >= 0.6 is 11.8 Å². The van der Waals surface area contributed by atoms with Gasteiger partial charge in [-0.25, -0.2) is 4.79 Å². The van der Waals surface area contributed by atoms with E-state index in [2.05, 4.69) is 21.0 Å². The first-order valence-electron chi connectivity index (χ1n) is 7.62. The molecular formula is C18H18N2O3S. The Kier molecular flexibility index (Phi) is 5.05. The Morgan fingerprint density at radius 2 is 1.92 bits per heavy atom. The number of fused-ring (bicyclic) bond motifs is 1. The van der Waals surface area contributed by atoms with Gasteiger partial charge in [-0.15, -0.1) is 11.8 Å². The Morgan fingerprint density at radius 3 is 2.67 bits per heavy atom. The molecule has 0 radical (unpaired) electrons. The first-order chi connectivity index (χ1) is 11.7. The zero-order valence-electron chi connectivity index (χ0n) is 13.3. The maximum absolute atomic E-state index is 12.3. The highest BCUT2D eigenvalue weighted by molar-refractivity contribution is 7.99. The maximum Gasteiger partial charge on any atom is 0.337 e. The number of methoxy groups -OCH3 is 1. The third-order valence-corrected chi connectivity index (χ3v) is 4.79. The van der Waals surface area contributed by atoms with E-state index in [4.69, 9.17) is 0 Å². The number of esters is 1. The Hall–Kier alpha value is -2.47. The molecule has 0 atom stereocenters. The van der Waals surface area contributed by atoms with E-state index in [9.17, 15) is 9.59 Å². The van der Waals surface area contributed by atoms with Gasteiger partial charge in [-0.1, -0.05) is 12.1 Å². The highest BCUT2D eigenvalue weighted by Crippen LogP contribution is 2.34. The molecule has 124 valence electrons. The van der Waals surface area contributed by atoms with Gasteiger partial charge in [0.25, 0.3) is 0 Å². The van der Waals surface area contributed by atoms with Crippen molar-refractivity contribution in [2.75, 3.05) is 36.2 Å². The first-order valence-corrected chi connectivity index (χ1v) is 8.61. The molecule has 0 spiro atoms. The minimum Gasteiger partial charge on any atom is -0.465 e. The number of carbonyl (C=O) groups is 2. The van der Waals surface area contributed by atoms with Gasteiger partial charge in [0.15, 0.2) is 0 Å². The van der Waals surface area contributed by atoms with Gasteiger partial charge >= 0.3 is 5.97 Å². The van der Waals surface area contributed by atoms with E-state index in [1.54, 1.807) is 24.3 Å². The number of hydrogen-bond donors (Lipinski definition) is 1. The Morgan fingerprint density at radius 1 is 1.17 bits per heavy atom. The zero-order chi connectivity index (χ0) is 16.9. The van der Waals surface area contributed by atoms with Crippen LogP contribution in [0.4, 0.5) is 11.4 Å². The lowest BCUT2D eigenvalue weighted by Crippen LogP contribution is -2.36. The van der Waals surface area contributed by atoms with Crippen molar-refractivity contribution in [2.45, 2.75) is 4.90 Å². The number of anilines is 2. The summed E-state index contributed by atoms with van der Waals surface area (Å²) in [6.45, 7) is 1.15. The molecule has 0 unspecified atom stereocenters. The topological polar surface area (TPSA) is 58.6 Å². The van der Waals surface area contributed by atoms with Crippen LogP contribution < -0.4 is 10.2 Å². The smallest absolute Gasteiger partial charge is 0.337 e. The molecule has 5 nitrogen and oxygen atoms in total. The minimum absolute atomic E-state index is 0.0810. The molecule has 0 aliphatic carbocycles. The fourth-order valence-corrected chi connectivity index (χ4v) is 3.62. The number of para-hydroxylation sites is 1. The predicted molar refractivity (Wildman–Crippen MR) is 95.8 cm³/mol. The number of hydrogen-bond acceptors (Lipinski definition) is 5. The molecule has 6 heteroatoms. The van der Waals surface area contributed by atoms with Crippen molar-refractivity contribution in [3.8, 4) is 0 Å². The van der Waals surface area contributed by atoms with Crippen LogP contribution in [0.5, 0.6) is 0 Å². The second-order valence-corrected chi connectivity index (χ2v) is 6.49. The summed E-state index contributed by atoms with van der Waals surface area (Å²) in [5, 5.41) is 2.86. The number of ether oxygens (including phenoxy) is 1. The van der Waals surface area contributed by atoms with Gasteiger partial charge in [-0.2, -0.15) is 0 Å². The van der Waals surface area contributed by atoms with Gasteiger partial charge in [0, 0.05) is 22.9 Å². The van der Waals surface area contributed by atoms with Crippen LogP contribution in [0.25, 0.3) is 0 Å². The number of nitrogens with one attached hydrogen (secondary N) is 1. The third kappa shape index (κ3) is 3.71. The van der Waals surface area contributed by atoms with E-state index in [-0.39, 0.29) is 5.91 Å². The lowest BCUT2D eigenvalue weighted by atomic mass is 10.2. The first kappa shape index (κ1) is 16.4. The van der Waals surface area contributed by atoms with Crippen molar-refractivity contribution in [3.05, 3.63) is 54.1 Å². The van der Waals surface area contributed by atoms with E-state index >= 15 is 0 Å². The number of thioether (sulfide) groups is 1. The summed E-state index contributed by atoms with van der Waals surface area (Å²) in [5.74, 6) is 0.496. The summed E-state index contributed by atoms with van der Waals surface area (Å²) in [4.78, 5) is 27.0. The summed E-state index contributed by atoms with van der Waals surface area (Å²) in [5.41, 5.74) is 2.22. The van der Waals surface area contributed by atoms with E-state index in [1.165, 1.54) is 12.0 Å². The molecular weight excluding hydrogens is 324 g/mol. The second kappa shape index (κ2) is 7.40. The van der Waals surface area contributed by atoms with Gasteiger partial charge < -0.3 is 15.0 Å². The van der Waals surface area contributed by atoms with Gasteiger partial charge in [0.05, 0.1) is 24.9 Å². The molecule has 1 heterocycles. The number of rotatable bonds is 4. The molecule has 0 bridgehead atoms. The Balaban J connectivity index is 1.63. The number of amides is 1. The van der Waals surface area contributed by atoms with Crippen LogP contribution in [0.1, 0.15) is 10.4 Å². The Bertz CT molecular complexity index is 746. The summed E-state index contributed by atoms with van der Waals surface area (Å²) in [6.07, 6.45) is 0. The maximum atomic E-state index is 12.3. The lowest BCUT2D eigenvalue weighted by molar-refractivity contribution is -0.115. The fraction of sp³-hybridized carbons (Fsp3) is 0.222. The molecule has 0 saturated carbocycles. The molecule has 0 saturated heterocycles. The largest absolute Gasteiger partial charge is 0.465 e. The van der Waals surface area contributed by atoms with Crippen LogP contribution in [-0.2, 0) is 9.53 Å². The van der Waals surface area contributed by atoms with E-state index in [0.29, 0.717) is 17.8 Å². The molecule has 1 aliphatic rings. The molecule has 0 aromatic heterocycles. The van der Waals surface area contributed by atoms with E-state index < -0.39 is 5.97 Å². The average Bonchev–Trinajstić information content (AvgIpc) is 2.62. The normalized spacial score (nSPS) is 13.1. The molecule has 2 aromatic carbocycles. The van der Waals surface area contributed by atoms with Crippen molar-refractivity contribution in [3.63, 3.8) is 0 Å². The Labute approximate surface area is 145 Å². The summed E-state index contributed by atoms with van der Waals surface area (Å²) >= 11 is 1.81. The van der Waals surface area contributed by atoms with Crippen LogP contribution in [0.15, 0.2) is 53.4 Å². The summed E-state index contributed by atoms with van der Waals surface area (Å²) < 4.78 is 4.66. The van der Waals surface area contributed by atoms with Gasteiger partial charge in [-0.3, -0.25) is 4.79 Å². The fourth-order valence-electron chi connectivity index (χ4n) is 2.57. The molecule has 0 fully saturated rings.